The average molecular weight is 331 g/mol. The number of hydrogen-bond donors (Lipinski definition) is 1. The lowest BCUT2D eigenvalue weighted by Crippen LogP contribution is -2.20. The molecule has 1 atom stereocenters. The Bertz CT molecular complexity index is 937. The zero-order valence-electron chi connectivity index (χ0n) is 14.3. The van der Waals surface area contributed by atoms with Gasteiger partial charge in [-0.1, -0.05) is 30.3 Å². The Morgan fingerprint density at radius 1 is 1.16 bits per heavy atom. The van der Waals surface area contributed by atoms with Gasteiger partial charge in [-0.2, -0.15) is 0 Å². The third-order valence-corrected chi connectivity index (χ3v) is 5.00. The molecule has 1 aliphatic heterocycles. The first kappa shape index (κ1) is 15.6. The molecule has 3 aromatic rings. The topological polar surface area (TPSA) is 59.2 Å². The van der Waals surface area contributed by atoms with Gasteiger partial charge in [0.05, 0.1) is 5.52 Å². The van der Waals surface area contributed by atoms with E-state index in [1.54, 1.807) is 6.07 Å². The van der Waals surface area contributed by atoms with Gasteiger partial charge in [-0.25, -0.2) is 0 Å². The van der Waals surface area contributed by atoms with Crippen LogP contribution in [0.1, 0.15) is 34.0 Å². The Labute approximate surface area is 147 Å². The van der Waals surface area contributed by atoms with Gasteiger partial charge in [0.15, 0.2) is 0 Å². The Morgan fingerprint density at radius 2 is 1.96 bits per heavy atom. The summed E-state index contributed by atoms with van der Waals surface area (Å²) in [6.45, 7) is 3.98. The van der Waals surface area contributed by atoms with Gasteiger partial charge in [-0.3, -0.25) is 9.78 Å². The smallest absolute Gasteiger partial charge is 0.248 e. The van der Waals surface area contributed by atoms with E-state index in [2.05, 4.69) is 46.3 Å². The Kier molecular flexibility index (Phi) is 3.88. The van der Waals surface area contributed by atoms with Crippen LogP contribution < -0.4 is 10.6 Å². The van der Waals surface area contributed by atoms with Crippen molar-refractivity contribution in [2.24, 2.45) is 5.73 Å². The maximum Gasteiger partial charge on any atom is 0.248 e. The van der Waals surface area contributed by atoms with Crippen LogP contribution in [0.15, 0.2) is 54.6 Å². The van der Waals surface area contributed by atoms with E-state index in [1.165, 1.54) is 5.56 Å². The molecule has 0 unspecified atom stereocenters. The SMILES string of the molecule is Cc1cc(N2CC[C@@H](c3ccccc3)C2)c2cc(C(N)=O)ccc2n1. The number of aryl methyl sites for hydroxylation is 1. The molecule has 25 heavy (non-hydrogen) atoms. The van der Waals surface area contributed by atoms with Gasteiger partial charge in [0.1, 0.15) is 0 Å². The second-order valence-electron chi connectivity index (χ2n) is 6.72. The van der Waals surface area contributed by atoms with E-state index in [-0.39, 0.29) is 0 Å². The molecule has 4 heteroatoms. The maximum absolute atomic E-state index is 11.6. The molecule has 126 valence electrons. The normalized spacial score (nSPS) is 17.2. The number of anilines is 1. The number of carbonyl (C=O) groups excluding carboxylic acids is 1. The highest BCUT2D eigenvalue weighted by Gasteiger charge is 2.25. The lowest BCUT2D eigenvalue weighted by atomic mass is 9.99. The van der Waals surface area contributed by atoms with Crippen LogP contribution in [-0.2, 0) is 0 Å². The highest BCUT2D eigenvalue weighted by Crippen LogP contribution is 2.35. The standard InChI is InChI=1S/C21H21N3O/c1-14-11-20(18-12-16(21(22)25)7-8-19(18)23-14)24-10-9-17(13-24)15-5-3-2-4-6-15/h2-8,11-12,17H,9-10,13H2,1H3,(H2,22,25)/t17-/m1/s1. The van der Waals surface area contributed by atoms with Gasteiger partial charge >= 0.3 is 0 Å². The quantitative estimate of drug-likeness (QED) is 0.797. The summed E-state index contributed by atoms with van der Waals surface area (Å²) in [5, 5.41) is 0.996. The van der Waals surface area contributed by atoms with Crippen LogP contribution in [0.2, 0.25) is 0 Å². The van der Waals surface area contributed by atoms with E-state index in [9.17, 15) is 4.79 Å². The summed E-state index contributed by atoms with van der Waals surface area (Å²) in [4.78, 5) is 18.6. The zero-order chi connectivity index (χ0) is 17.4. The number of nitrogens with zero attached hydrogens (tertiary/aromatic N) is 2. The zero-order valence-corrected chi connectivity index (χ0v) is 14.3. The van der Waals surface area contributed by atoms with Crippen LogP contribution in [0, 0.1) is 6.92 Å². The highest BCUT2D eigenvalue weighted by molar-refractivity contribution is 6.00. The number of aromatic nitrogens is 1. The molecule has 1 saturated heterocycles. The molecule has 0 spiro atoms. The van der Waals surface area contributed by atoms with Crippen molar-refractivity contribution in [2.45, 2.75) is 19.3 Å². The summed E-state index contributed by atoms with van der Waals surface area (Å²) >= 11 is 0. The Hall–Kier alpha value is -2.88. The van der Waals surface area contributed by atoms with Gasteiger partial charge < -0.3 is 10.6 Å². The summed E-state index contributed by atoms with van der Waals surface area (Å²) in [6.07, 6.45) is 1.13. The van der Waals surface area contributed by atoms with Crippen molar-refractivity contribution >= 4 is 22.5 Å². The number of pyridine rings is 1. The lowest BCUT2D eigenvalue weighted by molar-refractivity contribution is 0.100. The van der Waals surface area contributed by atoms with E-state index in [4.69, 9.17) is 5.73 Å². The summed E-state index contributed by atoms with van der Waals surface area (Å²) in [5.74, 6) is 0.126. The minimum absolute atomic E-state index is 0.406. The van der Waals surface area contributed by atoms with Crippen LogP contribution >= 0.6 is 0 Å². The van der Waals surface area contributed by atoms with Crippen LogP contribution in [0.3, 0.4) is 0 Å². The molecule has 4 rings (SSSR count). The van der Waals surface area contributed by atoms with Crippen molar-refractivity contribution in [1.82, 2.24) is 4.98 Å². The van der Waals surface area contributed by atoms with E-state index >= 15 is 0 Å². The maximum atomic E-state index is 11.6. The molecular weight excluding hydrogens is 310 g/mol. The fraction of sp³-hybridized carbons (Fsp3) is 0.238. The summed E-state index contributed by atoms with van der Waals surface area (Å²) in [5.41, 5.74) is 10.4. The van der Waals surface area contributed by atoms with E-state index in [0.717, 1.165) is 41.8 Å². The van der Waals surface area contributed by atoms with Gasteiger partial charge in [0.2, 0.25) is 5.91 Å². The monoisotopic (exact) mass is 331 g/mol. The number of hydrogen-bond acceptors (Lipinski definition) is 3. The third kappa shape index (κ3) is 2.95. The lowest BCUT2D eigenvalue weighted by Gasteiger charge is -2.21. The van der Waals surface area contributed by atoms with Gasteiger partial charge in [0.25, 0.3) is 0 Å². The van der Waals surface area contributed by atoms with Gasteiger partial charge in [0, 0.05) is 41.3 Å². The number of primary amides is 1. The minimum Gasteiger partial charge on any atom is -0.370 e. The molecule has 1 aromatic heterocycles. The predicted octanol–water partition coefficient (Wildman–Crippen LogP) is 3.64. The van der Waals surface area contributed by atoms with Crippen molar-refractivity contribution in [3.63, 3.8) is 0 Å². The van der Waals surface area contributed by atoms with Crippen LogP contribution in [0.5, 0.6) is 0 Å². The fourth-order valence-corrected chi connectivity index (χ4v) is 3.73. The number of benzene rings is 2. The molecule has 2 heterocycles. The van der Waals surface area contributed by atoms with Crippen molar-refractivity contribution in [1.29, 1.82) is 0 Å². The van der Waals surface area contributed by atoms with Crippen molar-refractivity contribution in [2.75, 3.05) is 18.0 Å². The molecule has 1 aliphatic rings. The molecule has 4 nitrogen and oxygen atoms in total. The Morgan fingerprint density at radius 3 is 2.72 bits per heavy atom. The van der Waals surface area contributed by atoms with Crippen LogP contribution in [0.4, 0.5) is 5.69 Å². The summed E-state index contributed by atoms with van der Waals surface area (Å²) in [6, 6.07) is 18.3. The molecule has 1 amide bonds. The highest BCUT2D eigenvalue weighted by atomic mass is 16.1. The first-order valence-electron chi connectivity index (χ1n) is 8.63. The van der Waals surface area contributed by atoms with Crippen molar-refractivity contribution in [3.05, 3.63) is 71.4 Å². The molecule has 0 radical (unpaired) electrons. The molecule has 1 fully saturated rings. The molecular formula is C21H21N3O. The van der Waals surface area contributed by atoms with Gasteiger partial charge in [-0.15, -0.1) is 0 Å². The third-order valence-electron chi connectivity index (χ3n) is 5.00. The molecule has 2 aromatic carbocycles. The number of rotatable bonds is 3. The number of fused-ring (bicyclic) bond motifs is 1. The minimum atomic E-state index is -0.406. The fourth-order valence-electron chi connectivity index (χ4n) is 3.73. The molecule has 2 N–H and O–H groups in total. The number of nitrogens with two attached hydrogens (primary N) is 1. The van der Waals surface area contributed by atoms with Gasteiger partial charge in [-0.05, 0) is 43.2 Å². The number of carbonyl (C=O) groups is 1. The van der Waals surface area contributed by atoms with Crippen molar-refractivity contribution < 1.29 is 4.79 Å². The first-order chi connectivity index (χ1) is 12.1. The predicted molar refractivity (Wildman–Crippen MR) is 101 cm³/mol. The summed E-state index contributed by atoms with van der Waals surface area (Å²) in [7, 11) is 0. The molecule has 0 saturated carbocycles. The van der Waals surface area contributed by atoms with E-state index in [0.29, 0.717) is 11.5 Å². The van der Waals surface area contributed by atoms with Crippen LogP contribution in [-0.4, -0.2) is 24.0 Å². The largest absolute Gasteiger partial charge is 0.370 e. The summed E-state index contributed by atoms with van der Waals surface area (Å²) < 4.78 is 0. The molecule has 0 aliphatic carbocycles. The van der Waals surface area contributed by atoms with Crippen molar-refractivity contribution in [3.8, 4) is 0 Å². The van der Waals surface area contributed by atoms with E-state index < -0.39 is 5.91 Å². The van der Waals surface area contributed by atoms with E-state index in [1.807, 2.05) is 19.1 Å². The molecule has 0 bridgehead atoms. The Balaban J connectivity index is 1.73. The second-order valence-corrected chi connectivity index (χ2v) is 6.72. The number of amides is 1. The second kappa shape index (κ2) is 6.20. The van der Waals surface area contributed by atoms with Crippen LogP contribution in [0.25, 0.3) is 10.9 Å². The first-order valence-corrected chi connectivity index (χ1v) is 8.63. The average Bonchev–Trinajstić information content (AvgIpc) is 3.11.